The van der Waals surface area contributed by atoms with Gasteiger partial charge in [0.15, 0.2) is 17.1 Å². The molecule has 1 aromatic heterocycles. The first-order valence-electron chi connectivity index (χ1n) is 6.28. The Bertz CT molecular complexity index is 495. The van der Waals surface area contributed by atoms with Crippen LogP contribution in [-0.2, 0) is 9.53 Å². The number of hydrogen-bond donors (Lipinski definition) is 1. The Balaban J connectivity index is 1.94. The maximum Gasteiger partial charge on any atom is 0.332 e. The van der Waals surface area contributed by atoms with Crippen molar-refractivity contribution in [2.45, 2.75) is 32.0 Å². The minimum absolute atomic E-state index is 0.141. The van der Waals surface area contributed by atoms with E-state index in [1.165, 1.54) is 13.3 Å². The van der Waals surface area contributed by atoms with Gasteiger partial charge in [-0.2, -0.15) is 4.39 Å². The minimum atomic E-state index is -0.985. The highest BCUT2D eigenvalue weighted by molar-refractivity contribution is 6.29. The van der Waals surface area contributed by atoms with Crippen LogP contribution in [0.2, 0.25) is 5.15 Å². The number of rotatable bonds is 4. The fourth-order valence-electron chi connectivity index (χ4n) is 2.11. The molecule has 1 saturated heterocycles. The van der Waals surface area contributed by atoms with Crippen molar-refractivity contribution >= 4 is 23.4 Å². The second-order valence-corrected chi connectivity index (χ2v) is 4.96. The largest absolute Gasteiger partial charge is 0.479 e. The van der Waals surface area contributed by atoms with E-state index >= 15 is 0 Å². The van der Waals surface area contributed by atoms with Crippen LogP contribution in [-0.4, -0.2) is 46.3 Å². The zero-order valence-corrected chi connectivity index (χ0v) is 11.7. The first kappa shape index (κ1) is 14.9. The van der Waals surface area contributed by atoms with Crippen LogP contribution in [0, 0.1) is 5.82 Å². The van der Waals surface area contributed by atoms with Crippen molar-refractivity contribution in [1.29, 1.82) is 0 Å². The Hall–Kier alpha value is -1.47. The third-order valence-electron chi connectivity index (χ3n) is 3.21. The summed E-state index contributed by atoms with van der Waals surface area (Å²) in [6.07, 6.45) is 1.46. The molecule has 0 amide bonds. The van der Waals surface area contributed by atoms with Crippen LogP contribution in [0.5, 0.6) is 0 Å². The van der Waals surface area contributed by atoms with E-state index in [0.717, 1.165) is 0 Å². The Morgan fingerprint density at radius 1 is 1.55 bits per heavy atom. The Morgan fingerprint density at radius 3 is 2.80 bits per heavy atom. The highest BCUT2D eigenvalue weighted by Crippen LogP contribution is 2.25. The van der Waals surface area contributed by atoms with Crippen LogP contribution in [0.15, 0.2) is 6.33 Å². The predicted molar refractivity (Wildman–Crippen MR) is 70.4 cm³/mol. The van der Waals surface area contributed by atoms with Crippen molar-refractivity contribution in [3.63, 3.8) is 0 Å². The van der Waals surface area contributed by atoms with E-state index in [1.54, 1.807) is 4.90 Å². The van der Waals surface area contributed by atoms with Crippen LogP contribution in [0.1, 0.15) is 19.8 Å². The topological polar surface area (TPSA) is 75.5 Å². The quantitative estimate of drug-likeness (QED) is 0.854. The van der Waals surface area contributed by atoms with Crippen molar-refractivity contribution in [3.8, 4) is 0 Å². The number of nitrogens with zero attached hydrogens (tertiary/aromatic N) is 3. The predicted octanol–water partition coefficient (Wildman–Crippen LogP) is 1.73. The molecule has 1 aliphatic rings. The summed E-state index contributed by atoms with van der Waals surface area (Å²) in [5, 5.41) is 8.59. The summed E-state index contributed by atoms with van der Waals surface area (Å²) in [5.41, 5.74) is 0. The van der Waals surface area contributed by atoms with E-state index in [0.29, 0.717) is 25.9 Å². The third kappa shape index (κ3) is 3.34. The van der Waals surface area contributed by atoms with Crippen LogP contribution in [0.25, 0.3) is 0 Å². The van der Waals surface area contributed by atoms with Gasteiger partial charge in [0.2, 0.25) is 5.82 Å². The van der Waals surface area contributed by atoms with Gasteiger partial charge in [-0.3, -0.25) is 0 Å². The summed E-state index contributed by atoms with van der Waals surface area (Å²) in [5.74, 6) is -1.44. The third-order valence-corrected chi connectivity index (χ3v) is 3.48. The van der Waals surface area contributed by atoms with Gasteiger partial charge in [0.25, 0.3) is 0 Å². The molecular formula is C12H15ClFN3O3. The van der Waals surface area contributed by atoms with Crippen LogP contribution in [0.4, 0.5) is 10.2 Å². The summed E-state index contributed by atoms with van der Waals surface area (Å²) in [4.78, 5) is 20.0. The molecule has 6 nitrogen and oxygen atoms in total. The molecular weight excluding hydrogens is 289 g/mol. The van der Waals surface area contributed by atoms with Gasteiger partial charge in [-0.1, -0.05) is 11.6 Å². The molecule has 110 valence electrons. The molecule has 1 N–H and O–H groups in total. The summed E-state index contributed by atoms with van der Waals surface area (Å²) in [7, 11) is 0. The molecule has 20 heavy (non-hydrogen) atoms. The molecule has 1 atom stereocenters. The molecule has 2 rings (SSSR count). The van der Waals surface area contributed by atoms with Gasteiger partial charge in [-0.15, -0.1) is 0 Å². The Labute approximate surface area is 120 Å². The van der Waals surface area contributed by atoms with E-state index in [2.05, 4.69) is 9.97 Å². The molecule has 1 unspecified atom stereocenters. The first-order valence-corrected chi connectivity index (χ1v) is 6.66. The maximum absolute atomic E-state index is 13.8. The highest BCUT2D eigenvalue weighted by atomic mass is 35.5. The molecule has 0 bridgehead atoms. The Kier molecular flexibility index (Phi) is 4.72. The monoisotopic (exact) mass is 303 g/mol. The second kappa shape index (κ2) is 6.32. The number of halogens is 2. The number of carbonyl (C=O) groups is 1. The van der Waals surface area contributed by atoms with Gasteiger partial charge in [0.1, 0.15) is 6.33 Å². The standard InChI is InChI=1S/C12H15ClFN3O3/c1-7(12(18)19)20-8-2-4-17(5-3-8)11-9(14)10(13)15-6-16-11/h6-8H,2-5H2,1H3,(H,18,19). The summed E-state index contributed by atoms with van der Waals surface area (Å²) >= 11 is 5.62. The molecule has 0 saturated carbocycles. The smallest absolute Gasteiger partial charge is 0.332 e. The van der Waals surface area contributed by atoms with E-state index in [1.807, 2.05) is 0 Å². The van der Waals surface area contributed by atoms with E-state index < -0.39 is 17.9 Å². The lowest BCUT2D eigenvalue weighted by Crippen LogP contribution is -2.40. The fraction of sp³-hybridized carbons (Fsp3) is 0.583. The second-order valence-electron chi connectivity index (χ2n) is 4.61. The van der Waals surface area contributed by atoms with Gasteiger partial charge in [-0.25, -0.2) is 14.8 Å². The summed E-state index contributed by atoms with van der Waals surface area (Å²) in [6, 6.07) is 0. The molecule has 2 heterocycles. The van der Waals surface area contributed by atoms with Crippen molar-refractivity contribution in [2.75, 3.05) is 18.0 Å². The molecule has 1 fully saturated rings. The Morgan fingerprint density at radius 2 is 2.20 bits per heavy atom. The molecule has 1 aromatic rings. The zero-order chi connectivity index (χ0) is 14.7. The zero-order valence-electron chi connectivity index (χ0n) is 10.9. The van der Waals surface area contributed by atoms with Gasteiger partial charge in [0, 0.05) is 13.1 Å². The van der Waals surface area contributed by atoms with E-state index in [-0.39, 0.29) is 17.1 Å². The van der Waals surface area contributed by atoms with E-state index in [4.69, 9.17) is 21.4 Å². The average Bonchev–Trinajstić information content (AvgIpc) is 2.43. The lowest BCUT2D eigenvalue weighted by molar-refractivity contribution is -0.153. The molecule has 8 heteroatoms. The molecule has 0 spiro atoms. The minimum Gasteiger partial charge on any atom is -0.479 e. The fourth-order valence-corrected chi connectivity index (χ4v) is 2.24. The molecule has 1 aliphatic heterocycles. The highest BCUT2D eigenvalue weighted by Gasteiger charge is 2.26. The van der Waals surface area contributed by atoms with Crippen LogP contribution < -0.4 is 4.90 Å². The number of hydrogen-bond acceptors (Lipinski definition) is 5. The van der Waals surface area contributed by atoms with Crippen molar-refractivity contribution in [1.82, 2.24) is 9.97 Å². The van der Waals surface area contributed by atoms with Crippen molar-refractivity contribution < 1.29 is 19.0 Å². The lowest BCUT2D eigenvalue weighted by Gasteiger charge is -2.33. The first-order chi connectivity index (χ1) is 9.49. The van der Waals surface area contributed by atoms with Gasteiger partial charge in [-0.05, 0) is 19.8 Å². The average molecular weight is 304 g/mol. The summed E-state index contributed by atoms with van der Waals surface area (Å²) in [6.45, 7) is 2.56. The molecule has 0 aliphatic carbocycles. The van der Waals surface area contributed by atoms with Crippen LogP contribution >= 0.6 is 11.6 Å². The SMILES string of the molecule is CC(OC1CCN(c2ncnc(Cl)c2F)CC1)C(=O)O. The number of piperidine rings is 1. The van der Waals surface area contributed by atoms with Crippen molar-refractivity contribution in [2.24, 2.45) is 0 Å². The number of carboxylic acid groups (broad SMARTS) is 1. The number of carboxylic acids is 1. The number of ether oxygens (including phenoxy) is 1. The van der Waals surface area contributed by atoms with Gasteiger partial charge >= 0.3 is 5.97 Å². The van der Waals surface area contributed by atoms with Crippen molar-refractivity contribution in [3.05, 3.63) is 17.3 Å². The number of aliphatic carboxylic acids is 1. The maximum atomic E-state index is 13.8. The van der Waals surface area contributed by atoms with E-state index in [9.17, 15) is 9.18 Å². The lowest BCUT2D eigenvalue weighted by atomic mass is 10.1. The summed E-state index contributed by atoms with van der Waals surface area (Å²) < 4.78 is 19.2. The molecule has 0 radical (unpaired) electrons. The normalized spacial score (nSPS) is 18.1. The van der Waals surface area contributed by atoms with Gasteiger partial charge in [0.05, 0.1) is 6.10 Å². The van der Waals surface area contributed by atoms with Gasteiger partial charge < -0.3 is 14.7 Å². The number of aromatic nitrogens is 2. The number of anilines is 1. The van der Waals surface area contributed by atoms with Crippen LogP contribution in [0.3, 0.4) is 0 Å². The molecule has 0 aromatic carbocycles.